The van der Waals surface area contributed by atoms with Crippen LogP contribution < -0.4 is 16.0 Å². The first-order valence-electron chi connectivity index (χ1n) is 11.9. The minimum Gasteiger partial charge on any atom is -0.508 e. The number of ether oxygens (including phenoxy) is 1. The highest BCUT2D eigenvalue weighted by Gasteiger charge is 2.37. The van der Waals surface area contributed by atoms with Crippen molar-refractivity contribution in [3.05, 3.63) is 95.0 Å². The molecule has 9 nitrogen and oxygen atoms in total. The van der Waals surface area contributed by atoms with E-state index in [1.165, 1.54) is 24.3 Å². The van der Waals surface area contributed by atoms with E-state index in [9.17, 15) is 24.6 Å². The van der Waals surface area contributed by atoms with Gasteiger partial charge in [0, 0.05) is 41.9 Å². The molecule has 38 heavy (non-hydrogen) atoms. The Morgan fingerprint density at radius 1 is 1.16 bits per heavy atom. The molecular formula is C28H27N3O6S. The number of fused-ring (bicyclic) bond motifs is 2. The van der Waals surface area contributed by atoms with Crippen LogP contribution in [0.3, 0.4) is 0 Å². The summed E-state index contributed by atoms with van der Waals surface area (Å²) in [6, 6.07) is 4.92. The minimum atomic E-state index is -1.13. The molecule has 1 aromatic rings. The zero-order chi connectivity index (χ0) is 27.4. The van der Waals surface area contributed by atoms with E-state index in [1.807, 2.05) is 0 Å². The van der Waals surface area contributed by atoms with Crippen molar-refractivity contribution in [2.24, 2.45) is 5.92 Å². The highest BCUT2D eigenvalue weighted by Crippen LogP contribution is 2.45. The number of allylic oxidation sites excluding steroid dienone is 4. The molecule has 3 aliphatic rings. The quantitative estimate of drug-likeness (QED) is 0.193. The van der Waals surface area contributed by atoms with Crippen LogP contribution in [0.5, 0.6) is 0 Å². The lowest BCUT2D eigenvalue weighted by atomic mass is 9.77. The number of nitrogens with one attached hydrogen (secondary N) is 3. The Balaban J connectivity index is 1.55. The maximum Gasteiger partial charge on any atom is 0.336 e. The summed E-state index contributed by atoms with van der Waals surface area (Å²) in [6.45, 7) is 6.18. The third kappa shape index (κ3) is 5.92. The normalized spacial score (nSPS) is 19.3. The number of carbonyl (C=O) groups is 3. The van der Waals surface area contributed by atoms with Gasteiger partial charge in [-0.1, -0.05) is 18.7 Å². The standard InChI is InChI=1S/C28H27N3O6S/c1-15(2)26(34)29-10-3-11-30-28(38)31-16-4-7-19(22(12-16)27(35)36)25-20-8-5-17(32)13-23(20)37-24-14-18(33)6-9-21(24)25/h4-9,12-14,20,23,32H,1,3,10-11H2,2H3,(H,29,34)(H,35,36)(H2,30,31,38). The zero-order valence-electron chi connectivity index (χ0n) is 20.6. The lowest BCUT2D eigenvalue weighted by molar-refractivity contribution is -0.117. The Hall–Kier alpha value is -4.44. The van der Waals surface area contributed by atoms with Gasteiger partial charge in [-0.05, 0) is 73.1 Å². The van der Waals surface area contributed by atoms with Crippen LogP contribution in [0.2, 0.25) is 0 Å². The summed E-state index contributed by atoms with van der Waals surface area (Å²) >= 11 is 5.34. The van der Waals surface area contributed by atoms with E-state index >= 15 is 0 Å². The number of ketones is 1. The third-order valence-electron chi connectivity index (χ3n) is 6.11. The van der Waals surface area contributed by atoms with E-state index in [0.717, 1.165) is 0 Å². The molecule has 0 bridgehead atoms. The number of aliphatic hydroxyl groups excluding tert-OH is 1. The number of aliphatic hydroxyl groups is 1. The SMILES string of the molecule is C=C(C)C(=O)NCCCNC(=S)Nc1ccc(C2=C3C=CC(=O)C=C3OC3C=C(O)C=CC23)c(C(=O)O)c1. The first-order valence-corrected chi connectivity index (χ1v) is 12.3. The van der Waals surface area contributed by atoms with Crippen molar-refractivity contribution >= 4 is 46.3 Å². The van der Waals surface area contributed by atoms with E-state index in [2.05, 4.69) is 22.5 Å². The predicted octanol–water partition coefficient (Wildman–Crippen LogP) is 3.56. The molecule has 2 unspecified atom stereocenters. The van der Waals surface area contributed by atoms with E-state index in [-0.39, 0.29) is 28.9 Å². The molecule has 0 saturated heterocycles. The van der Waals surface area contributed by atoms with Crippen LogP contribution in [-0.2, 0) is 14.3 Å². The number of hydrogen-bond acceptors (Lipinski definition) is 6. The van der Waals surface area contributed by atoms with Gasteiger partial charge in [-0.15, -0.1) is 0 Å². The van der Waals surface area contributed by atoms with Crippen LogP contribution in [0, 0.1) is 5.92 Å². The smallest absolute Gasteiger partial charge is 0.336 e. The van der Waals surface area contributed by atoms with Gasteiger partial charge in [0.15, 0.2) is 10.9 Å². The van der Waals surface area contributed by atoms with E-state index in [1.54, 1.807) is 37.3 Å². The highest BCUT2D eigenvalue weighted by atomic mass is 32.1. The van der Waals surface area contributed by atoms with Crippen LogP contribution in [0.1, 0.15) is 29.3 Å². The highest BCUT2D eigenvalue weighted by molar-refractivity contribution is 7.80. The van der Waals surface area contributed by atoms with Gasteiger partial charge < -0.3 is 30.9 Å². The van der Waals surface area contributed by atoms with E-state index < -0.39 is 12.1 Å². The zero-order valence-corrected chi connectivity index (χ0v) is 21.4. The summed E-state index contributed by atoms with van der Waals surface area (Å²) in [5.41, 5.74) is 2.72. The summed E-state index contributed by atoms with van der Waals surface area (Å²) < 4.78 is 5.97. The molecule has 1 amide bonds. The number of amides is 1. The van der Waals surface area contributed by atoms with Crippen molar-refractivity contribution in [3.8, 4) is 0 Å². The van der Waals surface area contributed by atoms with Gasteiger partial charge in [-0.3, -0.25) is 9.59 Å². The van der Waals surface area contributed by atoms with Crippen LogP contribution in [0.15, 0.2) is 83.9 Å². The molecule has 0 spiro atoms. The first-order chi connectivity index (χ1) is 18.1. The van der Waals surface area contributed by atoms with Gasteiger partial charge in [0.05, 0.1) is 5.56 Å². The maximum atomic E-state index is 12.3. The fourth-order valence-electron chi connectivity index (χ4n) is 4.33. The van der Waals surface area contributed by atoms with Gasteiger partial charge >= 0.3 is 5.97 Å². The van der Waals surface area contributed by atoms with Crippen LogP contribution in [0.25, 0.3) is 5.57 Å². The number of thiocarbonyl (C=S) groups is 1. The minimum absolute atomic E-state index is 0.0320. The molecule has 196 valence electrons. The molecule has 0 aromatic heterocycles. The number of aromatic carboxylic acids is 1. The van der Waals surface area contributed by atoms with E-state index in [4.69, 9.17) is 17.0 Å². The van der Waals surface area contributed by atoms with Crippen molar-refractivity contribution in [1.29, 1.82) is 0 Å². The molecule has 5 N–H and O–H groups in total. The van der Waals surface area contributed by atoms with Crippen LogP contribution >= 0.6 is 12.2 Å². The monoisotopic (exact) mass is 533 g/mol. The molecule has 1 heterocycles. The van der Waals surface area contributed by atoms with Gasteiger partial charge in [0.1, 0.15) is 17.6 Å². The third-order valence-corrected chi connectivity index (χ3v) is 6.36. The van der Waals surface area contributed by atoms with Crippen molar-refractivity contribution in [2.45, 2.75) is 19.4 Å². The summed E-state index contributed by atoms with van der Waals surface area (Å²) in [5.74, 6) is -1.58. The van der Waals surface area contributed by atoms with Crippen LogP contribution in [0.4, 0.5) is 5.69 Å². The molecular weight excluding hydrogens is 506 g/mol. The number of rotatable bonds is 8. The van der Waals surface area contributed by atoms with Gasteiger partial charge in [-0.2, -0.15) is 0 Å². The van der Waals surface area contributed by atoms with Crippen molar-refractivity contribution in [3.63, 3.8) is 0 Å². The summed E-state index contributed by atoms with van der Waals surface area (Å²) in [5, 5.41) is 29.1. The Morgan fingerprint density at radius 2 is 1.92 bits per heavy atom. The topological polar surface area (TPSA) is 137 Å². The van der Waals surface area contributed by atoms with Gasteiger partial charge in [-0.25, -0.2) is 4.79 Å². The fourth-order valence-corrected chi connectivity index (χ4v) is 4.55. The second kappa shape index (κ2) is 11.3. The number of hydrogen-bond donors (Lipinski definition) is 5. The number of carboxylic acids is 1. The number of carboxylic acid groups (broad SMARTS) is 1. The largest absolute Gasteiger partial charge is 0.508 e. The van der Waals surface area contributed by atoms with Gasteiger partial charge in [0.2, 0.25) is 5.91 Å². The van der Waals surface area contributed by atoms with Crippen molar-refractivity contribution in [1.82, 2.24) is 10.6 Å². The average molecular weight is 534 g/mol. The Bertz CT molecular complexity index is 1380. The summed E-state index contributed by atoms with van der Waals surface area (Å²) in [4.78, 5) is 35.9. The Kier molecular flexibility index (Phi) is 7.92. The lowest BCUT2D eigenvalue weighted by Crippen LogP contribution is -2.32. The summed E-state index contributed by atoms with van der Waals surface area (Å²) in [7, 11) is 0. The average Bonchev–Trinajstić information content (AvgIpc) is 2.86. The predicted molar refractivity (Wildman–Crippen MR) is 147 cm³/mol. The molecule has 0 saturated carbocycles. The fraction of sp³-hybridized carbons (Fsp3) is 0.214. The lowest BCUT2D eigenvalue weighted by Gasteiger charge is -2.36. The number of anilines is 1. The molecule has 0 radical (unpaired) electrons. The van der Waals surface area contributed by atoms with Crippen molar-refractivity contribution < 1.29 is 29.3 Å². The second-order valence-corrected chi connectivity index (χ2v) is 9.37. The maximum absolute atomic E-state index is 12.3. The number of carbonyl (C=O) groups excluding carboxylic acids is 2. The second-order valence-electron chi connectivity index (χ2n) is 8.97. The summed E-state index contributed by atoms with van der Waals surface area (Å²) in [6.07, 6.45) is 9.28. The molecule has 2 aliphatic carbocycles. The molecule has 2 atom stereocenters. The molecule has 1 aromatic carbocycles. The molecule has 1 aliphatic heterocycles. The van der Waals surface area contributed by atoms with E-state index in [0.29, 0.717) is 58.4 Å². The molecule has 4 rings (SSSR count). The van der Waals surface area contributed by atoms with Crippen LogP contribution in [-0.4, -0.2) is 52.2 Å². The first kappa shape index (κ1) is 26.6. The van der Waals surface area contributed by atoms with Gasteiger partial charge in [0.25, 0.3) is 0 Å². The molecule has 10 heteroatoms. The van der Waals surface area contributed by atoms with Crippen molar-refractivity contribution in [2.75, 3.05) is 18.4 Å². The Morgan fingerprint density at radius 3 is 2.66 bits per heavy atom. The number of benzene rings is 1. The molecule has 0 fully saturated rings. The Labute approximate surface area is 224 Å².